The summed E-state index contributed by atoms with van der Waals surface area (Å²) in [6.45, 7) is 10.4. The Kier molecular flexibility index (Phi) is 7.63. The molecule has 218 valence electrons. The van der Waals surface area contributed by atoms with Gasteiger partial charge < -0.3 is 4.74 Å². The summed E-state index contributed by atoms with van der Waals surface area (Å²) in [5.41, 5.74) is 7.52. The van der Waals surface area contributed by atoms with Crippen LogP contribution in [0.5, 0.6) is 0 Å². The minimum absolute atomic E-state index is 0.0248. The van der Waals surface area contributed by atoms with Crippen molar-refractivity contribution in [2.75, 3.05) is 20.2 Å². The fraction of sp³-hybridized carbons (Fsp3) is 0.793. The highest BCUT2D eigenvalue weighted by molar-refractivity contribution is 7.90. The lowest BCUT2D eigenvalue weighted by Gasteiger charge is -2.49. The average molecular weight is 561 g/mol. The maximum absolute atomic E-state index is 13.6. The summed E-state index contributed by atoms with van der Waals surface area (Å²) >= 11 is 0. The number of fused-ring (bicyclic) bond motifs is 4. The van der Waals surface area contributed by atoms with Crippen LogP contribution in [0.4, 0.5) is 0 Å². The third-order valence-electron chi connectivity index (χ3n) is 9.99. The van der Waals surface area contributed by atoms with Gasteiger partial charge in [-0.15, -0.1) is 0 Å². The molecule has 0 radical (unpaired) electrons. The summed E-state index contributed by atoms with van der Waals surface area (Å²) in [6, 6.07) is 7.30. The minimum atomic E-state index is -3.65. The molecule has 3 aliphatic heterocycles. The molecule has 3 saturated heterocycles. The van der Waals surface area contributed by atoms with Gasteiger partial charge in [0, 0.05) is 44.2 Å². The molecule has 1 aromatic rings. The van der Waals surface area contributed by atoms with Gasteiger partial charge in [-0.05, 0) is 80.4 Å². The zero-order chi connectivity index (χ0) is 27.5. The van der Waals surface area contributed by atoms with Gasteiger partial charge in [-0.3, -0.25) is 15.5 Å². The lowest BCUT2D eigenvalue weighted by molar-refractivity contribution is -0.0700. The fourth-order valence-corrected chi connectivity index (χ4v) is 9.06. The summed E-state index contributed by atoms with van der Waals surface area (Å²) < 4.78 is 36.9. The number of hydrogen-bond acceptors (Lipinski definition) is 8. The second kappa shape index (κ2) is 10.6. The number of ether oxygens (including phenoxy) is 1. The number of benzene rings is 1. The van der Waals surface area contributed by atoms with E-state index in [-0.39, 0.29) is 18.3 Å². The van der Waals surface area contributed by atoms with Crippen LogP contribution in [0, 0.1) is 25.2 Å². The van der Waals surface area contributed by atoms with Gasteiger partial charge in [-0.25, -0.2) is 18.9 Å². The third kappa shape index (κ3) is 5.81. The van der Waals surface area contributed by atoms with Gasteiger partial charge in [0.05, 0.1) is 6.61 Å². The molecule has 6 rings (SSSR count). The van der Waals surface area contributed by atoms with Crippen molar-refractivity contribution in [3.8, 4) is 0 Å². The Labute approximate surface area is 234 Å². The normalized spacial score (nSPS) is 37.2. The van der Waals surface area contributed by atoms with E-state index in [1.54, 1.807) is 0 Å². The summed E-state index contributed by atoms with van der Waals surface area (Å²) in [4.78, 5) is 2.70. The van der Waals surface area contributed by atoms with E-state index in [4.69, 9.17) is 4.74 Å². The predicted octanol–water partition coefficient (Wildman–Crippen LogP) is 2.68. The van der Waals surface area contributed by atoms with E-state index in [9.17, 15) is 8.42 Å². The highest BCUT2D eigenvalue weighted by Gasteiger charge is 2.55. The summed E-state index contributed by atoms with van der Waals surface area (Å²) in [5.74, 6) is 0.553. The lowest BCUT2D eigenvalue weighted by atomic mass is 9.75. The van der Waals surface area contributed by atoms with Gasteiger partial charge >= 0.3 is 0 Å². The van der Waals surface area contributed by atoms with Crippen molar-refractivity contribution in [1.82, 2.24) is 30.7 Å². The molecule has 6 atom stereocenters. The Morgan fingerprint density at radius 2 is 1.79 bits per heavy atom. The van der Waals surface area contributed by atoms with Crippen molar-refractivity contribution in [2.45, 2.75) is 115 Å². The second-order valence-corrected chi connectivity index (χ2v) is 15.4. The second-order valence-electron chi connectivity index (χ2n) is 13.5. The van der Waals surface area contributed by atoms with E-state index in [1.807, 2.05) is 12.1 Å². The number of hydrazine groups is 1. The quantitative estimate of drug-likeness (QED) is 0.446. The molecule has 10 heteroatoms. The molecule has 1 spiro atoms. The van der Waals surface area contributed by atoms with Crippen LogP contribution in [-0.4, -0.2) is 74.5 Å². The number of likely N-dealkylation sites (N-methyl/N-ethyl adjacent to an activating group) is 1. The molecule has 2 saturated carbocycles. The first-order chi connectivity index (χ1) is 18.5. The number of nitrogens with zero attached hydrogens (tertiary/aromatic N) is 2. The standard InChI is InChI=1S/C29H48N6O3S/c1-18(2)11-22-17-38-25-13-24(27-19(3)7-6-8-20(27)4)30-28(31-25)33-39(36,37)26-12-21(34(5)32-26)16-35(22)23-14-29(15-23)9-10-29/h6-8,18,21-26,28,30-33H,9-17H2,1-5H3/t21?,22-,24?,25?,26?,28?/m1/s1. The zero-order valence-electron chi connectivity index (χ0n) is 24.2. The highest BCUT2D eigenvalue weighted by atomic mass is 32.2. The molecule has 0 aromatic heterocycles. The SMILES string of the molecule is Cc1cccc(C)c1C1CC2NC(N1)NS(=O)(=O)C1CC(CN(C3CC4(CC4)C3)[C@H](CC(C)C)CO2)N(C)N1. The molecule has 5 fully saturated rings. The molecule has 3 heterocycles. The van der Waals surface area contributed by atoms with Crippen molar-refractivity contribution in [3.63, 3.8) is 0 Å². The number of sulfonamides is 1. The van der Waals surface area contributed by atoms with E-state index in [2.05, 4.69) is 71.6 Å². The van der Waals surface area contributed by atoms with Gasteiger partial charge in [0.2, 0.25) is 10.0 Å². The first-order valence-electron chi connectivity index (χ1n) is 15.0. The number of nitrogens with one attached hydrogen (secondary N) is 4. The maximum Gasteiger partial charge on any atom is 0.231 e. The zero-order valence-corrected chi connectivity index (χ0v) is 25.1. The van der Waals surface area contributed by atoms with Gasteiger partial charge in [0.25, 0.3) is 0 Å². The van der Waals surface area contributed by atoms with E-state index >= 15 is 0 Å². The molecule has 39 heavy (non-hydrogen) atoms. The van der Waals surface area contributed by atoms with Crippen molar-refractivity contribution in [2.24, 2.45) is 11.3 Å². The third-order valence-corrected chi connectivity index (χ3v) is 11.6. The number of hydrogen-bond donors (Lipinski definition) is 4. The largest absolute Gasteiger partial charge is 0.362 e. The monoisotopic (exact) mass is 560 g/mol. The topological polar surface area (TPSA) is 98.0 Å². The molecule has 4 bridgehead atoms. The van der Waals surface area contributed by atoms with E-state index in [0.717, 1.165) is 19.4 Å². The van der Waals surface area contributed by atoms with Crippen LogP contribution in [0.3, 0.4) is 0 Å². The Morgan fingerprint density at radius 3 is 2.46 bits per heavy atom. The van der Waals surface area contributed by atoms with Gasteiger partial charge in [0.1, 0.15) is 17.9 Å². The molecule has 2 aliphatic carbocycles. The van der Waals surface area contributed by atoms with E-state index in [0.29, 0.717) is 36.4 Å². The van der Waals surface area contributed by atoms with Crippen LogP contribution >= 0.6 is 0 Å². The van der Waals surface area contributed by atoms with Crippen LogP contribution in [0.2, 0.25) is 0 Å². The molecule has 1 aromatic carbocycles. The van der Waals surface area contributed by atoms with Gasteiger partial charge in [-0.1, -0.05) is 32.0 Å². The maximum atomic E-state index is 13.6. The van der Waals surface area contributed by atoms with E-state index < -0.39 is 21.7 Å². The predicted molar refractivity (Wildman–Crippen MR) is 153 cm³/mol. The minimum Gasteiger partial charge on any atom is -0.362 e. The highest BCUT2D eigenvalue weighted by Crippen LogP contribution is 2.62. The number of aryl methyl sites for hydroxylation is 2. The van der Waals surface area contributed by atoms with Crippen molar-refractivity contribution < 1.29 is 13.2 Å². The van der Waals surface area contributed by atoms with Crippen molar-refractivity contribution >= 4 is 10.0 Å². The van der Waals surface area contributed by atoms with Crippen LogP contribution in [0.25, 0.3) is 0 Å². The molecule has 5 unspecified atom stereocenters. The van der Waals surface area contributed by atoms with Crippen molar-refractivity contribution in [3.05, 3.63) is 34.9 Å². The Hall–Kier alpha value is -1.11. The average Bonchev–Trinajstić information content (AvgIpc) is 3.55. The molecule has 5 aliphatic rings. The number of rotatable bonds is 4. The summed E-state index contributed by atoms with van der Waals surface area (Å²) in [7, 11) is -1.66. The van der Waals surface area contributed by atoms with Crippen LogP contribution in [-0.2, 0) is 14.8 Å². The molecule has 9 nitrogen and oxygen atoms in total. The van der Waals surface area contributed by atoms with Gasteiger partial charge in [0.15, 0.2) is 0 Å². The summed E-state index contributed by atoms with van der Waals surface area (Å²) in [5, 5.41) is 8.35. The lowest BCUT2D eigenvalue weighted by Crippen LogP contribution is -2.65. The van der Waals surface area contributed by atoms with Gasteiger partial charge in [-0.2, -0.15) is 4.72 Å². The Bertz CT molecular complexity index is 1130. The molecule has 0 amide bonds. The molecular weight excluding hydrogens is 512 g/mol. The van der Waals surface area contributed by atoms with Crippen LogP contribution in [0.15, 0.2) is 18.2 Å². The van der Waals surface area contributed by atoms with Crippen molar-refractivity contribution in [1.29, 1.82) is 0 Å². The first kappa shape index (κ1) is 28.0. The summed E-state index contributed by atoms with van der Waals surface area (Å²) in [6.07, 6.45) is 6.79. The fourth-order valence-electron chi connectivity index (χ4n) is 7.65. The van der Waals surface area contributed by atoms with E-state index in [1.165, 1.54) is 42.4 Å². The molecular formula is C29H48N6O3S. The molecule has 4 N–H and O–H groups in total. The Balaban J connectivity index is 1.32. The first-order valence-corrected chi connectivity index (χ1v) is 16.5. The van der Waals surface area contributed by atoms with Crippen LogP contribution in [0.1, 0.15) is 81.5 Å². The Morgan fingerprint density at radius 1 is 1.08 bits per heavy atom. The van der Waals surface area contributed by atoms with Crippen LogP contribution < -0.4 is 20.8 Å². The smallest absolute Gasteiger partial charge is 0.231 e.